The third-order valence-electron chi connectivity index (χ3n) is 3.43. The van der Waals surface area contributed by atoms with E-state index in [-0.39, 0.29) is 12.2 Å². The van der Waals surface area contributed by atoms with Crippen molar-refractivity contribution in [1.82, 2.24) is 0 Å². The Balaban J connectivity index is 2.10. The Kier molecular flexibility index (Phi) is 4.82. The van der Waals surface area contributed by atoms with Crippen LogP contribution >= 0.6 is 0 Å². The van der Waals surface area contributed by atoms with Crippen LogP contribution in [-0.4, -0.2) is 50.0 Å². The number of aliphatic hydroxyl groups is 1. The number of rotatable bonds is 4. The molecule has 3 N–H and O–H groups in total. The summed E-state index contributed by atoms with van der Waals surface area (Å²) >= 11 is 0. The van der Waals surface area contributed by atoms with Gasteiger partial charge in [0.15, 0.2) is 0 Å². The summed E-state index contributed by atoms with van der Waals surface area (Å²) in [5.41, 5.74) is 6.26. The second-order valence-electron chi connectivity index (χ2n) is 4.79. The summed E-state index contributed by atoms with van der Waals surface area (Å²) in [4.78, 5) is 0. The fourth-order valence-electron chi connectivity index (χ4n) is 2.36. The van der Waals surface area contributed by atoms with Crippen molar-refractivity contribution in [2.75, 3.05) is 20.0 Å². The lowest BCUT2D eigenvalue weighted by Gasteiger charge is -2.42. The fourth-order valence-corrected chi connectivity index (χ4v) is 2.36. The lowest BCUT2D eigenvalue weighted by atomic mass is 9.99. The monoisotopic (exact) mass is 283 g/mol. The molecule has 0 aliphatic carbocycles. The topological polar surface area (TPSA) is 83.2 Å². The van der Waals surface area contributed by atoms with E-state index in [1.807, 2.05) is 6.92 Å². The average molecular weight is 283 g/mol. The molecule has 6 nitrogen and oxygen atoms in total. The van der Waals surface area contributed by atoms with E-state index in [0.717, 1.165) is 0 Å². The molecule has 0 saturated carbocycles. The predicted octanol–water partition coefficient (Wildman–Crippen LogP) is 0.783. The molecule has 1 aliphatic rings. The maximum Gasteiger partial charge on any atom is 0.229 e. The van der Waals surface area contributed by atoms with Gasteiger partial charge in [0, 0.05) is 19.9 Å². The van der Waals surface area contributed by atoms with Crippen molar-refractivity contribution in [2.24, 2.45) is 0 Å². The summed E-state index contributed by atoms with van der Waals surface area (Å²) in [6.07, 6.45) is -2.88. The highest BCUT2D eigenvalue weighted by Crippen LogP contribution is 2.27. The Bertz CT molecular complexity index is 424. The third-order valence-corrected chi connectivity index (χ3v) is 3.43. The fraction of sp³-hybridized carbons (Fsp3) is 0.571. The van der Waals surface area contributed by atoms with Gasteiger partial charge in [0.25, 0.3) is 0 Å². The van der Waals surface area contributed by atoms with E-state index in [1.54, 1.807) is 31.4 Å². The van der Waals surface area contributed by atoms with Crippen LogP contribution in [0.1, 0.15) is 6.92 Å². The van der Waals surface area contributed by atoms with Crippen molar-refractivity contribution in [2.45, 2.75) is 37.6 Å². The zero-order valence-corrected chi connectivity index (χ0v) is 11.9. The first-order chi connectivity index (χ1) is 9.56. The highest BCUT2D eigenvalue weighted by molar-refractivity contribution is 5.41. The molecule has 0 bridgehead atoms. The Hall–Kier alpha value is -1.34. The molecule has 1 aliphatic heterocycles. The summed E-state index contributed by atoms with van der Waals surface area (Å²) in [7, 11) is 3.09. The van der Waals surface area contributed by atoms with E-state index < -0.39 is 18.5 Å². The van der Waals surface area contributed by atoms with Crippen LogP contribution in [0.3, 0.4) is 0 Å². The molecule has 2 rings (SSSR count). The minimum absolute atomic E-state index is 0.257. The van der Waals surface area contributed by atoms with Crippen LogP contribution in [-0.2, 0) is 14.2 Å². The maximum atomic E-state index is 10.3. The van der Waals surface area contributed by atoms with E-state index in [1.165, 1.54) is 7.11 Å². The van der Waals surface area contributed by atoms with Gasteiger partial charge >= 0.3 is 0 Å². The molecule has 1 fully saturated rings. The van der Waals surface area contributed by atoms with Gasteiger partial charge in [-0.25, -0.2) is 0 Å². The van der Waals surface area contributed by atoms with Gasteiger partial charge in [-0.2, -0.15) is 0 Å². The first-order valence-electron chi connectivity index (χ1n) is 6.48. The summed E-state index contributed by atoms with van der Waals surface area (Å²) < 4.78 is 21.9. The molecule has 1 heterocycles. The molecule has 0 spiro atoms. The minimum atomic E-state index is -0.946. The van der Waals surface area contributed by atoms with Gasteiger partial charge in [-0.05, 0) is 31.2 Å². The molecule has 1 aromatic rings. The normalized spacial score (nSPS) is 33.9. The van der Waals surface area contributed by atoms with E-state index in [2.05, 4.69) is 0 Å². The maximum absolute atomic E-state index is 10.3. The lowest BCUT2D eigenvalue weighted by molar-refractivity contribution is -0.277. The highest BCUT2D eigenvalue weighted by Gasteiger charge is 2.45. The summed E-state index contributed by atoms with van der Waals surface area (Å²) in [5.74, 6) is 0.571. The number of methoxy groups -OCH3 is 2. The molecule has 20 heavy (non-hydrogen) atoms. The Morgan fingerprint density at radius 2 is 1.70 bits per heavy atom. The van der Waals surface area contributed by atoms with Crippen molar-refractivity contribution in [1.29, 1.82) is 0 Å². The second-order valence-corrected chi connectivity index (χ2v) is 4.79. The quantitative estimate of drug-likeness (QED) is 0.795. The first kappa shape index (κ1) is 15.1. The van der Waals surface area contributed by atoms with Crippen molar-refractivity contribution >= 4 is 5.69 Å². The molecule has 5 atom stereocenters. The third kappa shape index (κ3) is 3.04. The molecule has 1 saturated heterocycles. The molecule has 0 amide bonds. The van der Waals surface area contributed by atoms with Gasteiger partial charge in [0.05, 0.1) is 6.10 Å². The van der Waals surface area contributed by atoms with Crippen LogP contribution in [0.15, 0.2) is 24.3 Å². The van der Waals surface area contributed by atoms with Crippen LogP contribution in [0, 0.1) is 0 Å². The van der Waals surface area contributed by atoms with Crippen LogP contribution in [0.4, 0.5) is 5.69 Å². The SMILES string of the molecule is COC1C(C)OC(Oc2ccc(N)cc2)C(O)C1OC. The first-order valence-corrected chi connectivity index (χ1v) is 6.48. The van der Waals surface area contributed by atoms with Gasteiger partial charge in [-0.3, -0.25) is 0 Å². The van der Waals surface area contributed by atoms with Crippen molar-refractivity contribution < 1.29 is 24.1 Å². The molecule has 0 radical (unpaired) electrons. The molecular weight excluding hydrogens is 262 g/mol. The zero-order chi connectivity index (χ0) is 14.7. The number of nitrogen functional groups attached to an aromatic ring is 1. The molecule has 5 unspecified atom stereocenters. The standard InChI is InChI=1S/C14H21NO5/c1-8-12(17-2)13(18-3)11(16)14(19-8)20-10-6-4-9(15)5-7-10/h4-8,11-14,16H,15H2,1-3H3. The molecule has 0 aromatic heterocycles. The van der Waals surface area contributed by atoms with Gasteiger partial charge in [-0.1, -0.05) is 0 Å². The Morgan fingerprint density at radius 3 is 2.25 bits per heavy atom. The largest absolute Gasteiger partial charge is 0.462 e. The van der Waals surface area contributed by atoms with Crippen molar-refractivity contribution in [3.63, 3.8) is 0 Å². The minimum Gasteiger partial charge on any atom is -0.462 e. The lowest BCUT2D eigenvalue weighted by Crippen LogP contribution is -2.59. The number of ether oxygens (including phenoxy) is 4. The number of hydrogen-bond donors (Lipinski definition) is 2. The van der Waals surface area contributed by atoms with E-state index in [0.29, 0.717) is 11.4 Å². The van der Waals surface area contributed by atoms with Gasteiger partial charge in [-0.15, -0.1) is 0 Å². The Labute approximate surface area is 118 Å². The van der Waals surface area contributed by atoms with Crippen molar-refractivity contribution in [3.8, 4) is 5.75 Å². The smallest absolute Gasteiger partial charge is 0.229 e. The Morgan fingerprint density at radius 1 is 1.10 bits per heavy atom. The summed E-state index contributed by atoms with van der Waals surface area (Å²) in [6, 6.07) is 6.89. The molecule has 1 aromatic carbocycles. The number of benzene rings is 1. The van der Waals surface area contributed by atoms with Crippen LogP contribution in [0.25, 0.3) is 0 Å². The van der Waals surface area contributed by atoms with E-state index in [4.69, 9.17) is 24.7 Å². The number of anilines is 1. The number of hydrogen-bond acceptors (Lipinski definition) is 6. The summed E-state index contributed by atoms with van der Waals surface area (Å²) in [5, 5.41) is 10.3. The highest BCUT2D eigenvalue weighted by atomic mass is 16.7. The number of aliphatic hydroxyl groups excluding tert-OH is 1. The zero-order valence-electron chi connectivity index (χ0n) is 11.9. The average Bonchev–Trinajstić information content (AvgIpc) is 2.44. The van der Waals surface area contributed by atoms with Gasteiger partial charge in [0.2, 0.25) is 6.29 Å². The molecular formula is C14H21NO5. The summed E-state index contributed by atoms with van der Waals surface area (Å²) in [6.45, 7) is 1.85. The van der Waals surface area contributed by atoms with Gasteiger partial charge < -0.3 is 29.8 Å². The second kappa shape index (κ2) is 6.41. The van der Waals surface area contributed by atoms with Gasteiger partial charge in [0.1, 0.15) is 24.1 Å². The predicted molar refractivity (Wildman–Crippen MR) is 73.4 cm³/mol. The molecule has 112 valence electrons. The molecule has 6 heteroatoms. The van der Waals surface area contributed by atoms with Crippen molar-refractivity contribution in [3.05, 3.63) is 24.3 Å². The van der Waals surface area contributed by atoms with Crippen LogP contribution in [0.2, 0.25) is 0 Å². The van der Waals surface area contributed by atoms with Crippen LogP contribution < -0.4 is 10.5 Å². The van der Waals surface area contributed by atoms with E-state index in [9.17, 15) is 5.11 Å². The number of nitrogens with two attached hydrogens (primary N) is 1. The van der Waals surface area contributed by atoms with Crippen LogP contribution in [0.5, 0.6) is 5.75 Å². The van der Waals surface area contributed by atoms with E-state index >= 15 is 0 Å².